The molecule has 2 atom stereocenters. The summed E-state index contributed by atoms with van der Waals surface area (Å²) in [4.78, 5) is 0.160. The summed E-state index contributed by atoms with van der Waals surface area (Å²) in [7, 11) is -3.54. The number of hydrogen-bond donors (Lipinski definition) is 2. The summed E-state index contributed by atoms with van der Waals surface area (Å²) in [5, 5.41) is 18.3. The SMILES string of the molecule is N#Cc1ccc(S(=O)(=O)NC[C@H]2CCC[C@@H](O)C2)cc1. The van der Waals surface area contributed by atoms with E-state index in [1.165, 1.54) is 24.3 Å². The molecule has 6 heteroatoms. The second-order valence-corrected chi connectivity index (χ2v) is 6.94. The third kappa shape index (κ3) is 3.79. The predicted molar refractivity (Wildman–Crippen MR) is 74.3 cm³/mol. The van der Waals surface area contributed by atoms with Gasteiger partial charge < -0.3 is 5.11 Å². The Bertz CT molecular complexity index is 590. The lowest BCUT2D eigenvalue weighted by Gasteiger charge is -2.25. The molecule has 0 aliphatic heterocycles. The fourth-order valence-electron chi connectivity index (χ4n) is 2.47. The lowest BCUT2D eigenvalue weighted by molar-refractivity contribution is 0.102. The van der Waals surface area contributed by atoms with Crippen molar-refractivity contribution in [2.45, 2.75) is 36.7 Å². The number of aliphatic hydroxyl groups excluding tert-OH is 1. The van der Waals surface area contributed by atoms with Crippen molar-refractivity contribution in [1.82, 2.24) is 4.72 Å². The molecular formula is C14H18N2O3S. The van der Waals surface area contributed by atoms with Crippen molar-refractivity contribution in [2.75, 3.05) is 6.54 Å². The standard InChI is InChI=1S/C14H18N2O3S/c15-9-11-4-6-14(7-5-11)20(18,19)16-10-12-2-1-3-13(17)8-12/h4-7,12-13,16-17H,1-3,8,10H2/t12-,13+/m0/s1. The Morgan fingerprint density at radius 2 is 2.00 bits per heavy atom. The van der Waals surface area contributed by atoms with Crippen molar-refractivity contribution < 1.29 is 13.5 Å². The topological polar surface area (TPSA) is 90.2 Å². The minimum absolute atomic E-state index is 0.160. The number of hydrogen-bond acceptors (Lipinski definition) is 4. The van der Waals surface area contributed by atoms with E-state index in [4.69, 9.17) is 5.26 Å². The zero-order valence-electron chi connectivity index (χ0n) is 11.1. The van der Waals surface area contributed by atoms with Crippen molar-refractivity contribution in [3.05, 3.63) is 29.8 Å². The number of aliphatic hydroxyl groups is 1. The van der Waals surface area contributed by atoms with Gasteiger partial charge in [0.1, 0.15) is 0 Å². The van der Waals surface area contributed by atoms with Gasteiger partial charge in [-0.3, -0.25) is 0 Å². The lowest BCUT2D eigenvalue weighted by atomic mass is 9.87. The van der Waals surface area contributed by atoms with Crippen LogP contribution in [0.4, 0.5) is 0 Å². The number of nitrogens with one attached hydrogen (secondary N) is 1. The molecule has 1 aliphatic carbocycles. The van der Waals surface area contributed by atoms with Gasteiger partial charge in [0.05, 0.1) is 22.6 Å². The van der Waals surface area contributed by atoms with Gasteiger partial charge in [-0.1, -0.05) is 6.42 Å². The van der Waals surface area contributed by atoms with Crippen molar-refractivity contribution in [3.63, 3.8) is 0 Å². The van der Waals surface area contributed by atoms with Crippen LogP contribution in [0, 0.1) is 17.2 Å². The summed E-state index contributed by atoms with van der Waals surface area (Å²) in [6.45, 7) is 0.347. The summed E-state index contributed by atoms with van der Waals surface area (Å²) < 4.78 is 26.8. The van der Waals surface area contributed by atoms with Crippen molar-refractivity contribution in [2.24, 2.45) is 5.92 Å². The van der Waals surface area contributed by atoms with E-state index in [9.17, 15) is 13.5 Å². The average molecular weight is 294 g/mol. The maximum atomic E-state index is 12.1. The highest BCUT2D eigenvalue weighted by molar-refractivity contribution is 7.89. The van der Waals surface area contributed by atoms with Gasteiger partial charge in [0, 0.05) is 6.54 Å². The first-order chi connectivity index (χ1) is 9.51. The summed E-state index contributed by atoms with van der Waals surface area (Å²) in [6.07, 6.45) is 3.01. The van der Waals surface area contributed by atoms with E-state index in [0.29, 0.717) is 18.5 Å². The molecule has 0 saturated heterocycles. The number of rotatable bonds is 4. The average Bonchev–Trinajstić information content (AvgIpc) is 2.45. The quantitative estimate of drug-likeness (QED) is 0.878. The number of nitrogens with zero attached hydrogens (tertiary/aromatic N) is 1. The summed E-state index contributed by atoms with van der Waals surface area (Å²) in [6, 6.07) is 7.78. The Hall–Kier alpha value is -1.42. The molecule has 20 heavy (non-hydrogen) atoms. The molecule has 0 radical (unpaired) electrons. The molecular weight excluding hydrogens is 276 g/mol. The molecule has 0 unspecified atom stereocenters. The van der Waals surface area contributed by atoms with E-state index >= 15 is 0 Å². The van der Waals surface area contributed by atoms with Gasteiger partial charge >= 0.3 is 0 Å². The molecule has 0 aromatic heterocycles. The van der Waals surface area contributed by atoms with Crippen LogP contribution in [0.3, 0.4) is 0 Å². The largest absolute Gasteiger partial charge is 0.393 e. The minimum Gasteiger partial charge on any atom is -0.393 e. The molecule has 1 aromatic carbocycles. The number of benzene rings is 1. The van der Waals surface area contributed by atoms with E-state index < -0.39 is 10.0 Å². The van der Waals surface area contributed by atoms with Gasteiger partial charge in [-0.2, -0.15) is 5.26 Å². The van der Waals surface area contributed by atoms with E-state index in [-0.39, 0.29) is 16.9 Å². The maximum absolute atomic E-state index is 12.1. The van der Waals surface area contributed by atoms with Crippen LogP contribution in [0.1, 0.15) is 31.2 Å². The second kappa shape index (κ2) is 6.35. The highest BCUT2D eigenvalue weighted by Gasteiger charge is 2.22. The van der Waals surface area contributed by atoms with Crippen molar-refractivity contribution in [1.29, 1.82) is 5.26 Å². The first kappa shape index (κ1) is 15.0. The monoisotopic (exact) mass is 294 g/mol. The van der Waals surface area contributed by atoms with Crippen LogP contribution in [0.5, 0.6) is 0 Å². The van der Waals surface area contributed by atoms with Gasteiger partial charge in [-0.15, -0.1) is 0 Å². The first-order valence-corrected chi connectivity index (χ1v) is 8.17. The summed E-state index contributed by atoms with van der Waals surface area (Å²) in [5.74, 6) is 0.187. The fourth-order valence-corrected chi connectivity index (χ4v) is 3.58. The smallest absolute Gasteiger partial charge is 0.240 e. The highest BCUT2D eigenvalue weighted by Crippen LogP contribution is 2.24. The van der Waals surface area contributed by atoms with E-state index in [0.717, 1.165) is 19.3 Å². The highest BCUT2D eigenvalue weighted by atomic mass is 32.2. The Balaban J connectivity index is 1.98. The van der Waals surface area contributed by atoms with Gasteiger partial charge in [-0.25, -0.2) is 13.1 Å². The number of sulfonamides is 1. The third-order valence-corrected chi connectivity index (χ3v) is 5.05. The molecule has 0 heterocycles. The number of nitriles is 1. The van der Waals surface area contributed by atoms with Gasteiger partial charge in [0.25, 0.3) is 0 Å². The van der Waals surface area contributed by atoms with Crippen LogP contribution in [0.15, 0.2) is 29.2 Å². The summed E-state index contributed by atoms with van der Waals surface area (Å²) >= 11 is 0. The maximum Gasteiger partial charge on any atom is 0.240 e. The van der Waals surface area contributed by atoms with Crippen LogP contribution in [-0.2, 0) is 10.0 Å². The van der Waals surface area contributed by atoms with E-state index in [1.54, 1.807) is 0 Å². The Morgan fingerprint density at radius 1 is 1.30 bits per heavy atom. The Kier molecular flexibility index (Phi) is 4.76. The minimum atomic E-state index is -3.54. The predicted octanol–water partition coefficient (Wildman–Crippen LogP) is 1.39. The molecule has 2 rings (SSSR count). The Labute approximate surface area is 119 Å². The molecule has 1 aliphatic rings. The zero-order chi connectivity index (χ0) is 14.6. The molecule has 1 saturated carbocycles. The molecule has 2 N–H and O–H groups in total. The van der Waals surface area contributed by atoms with Crippen molar-refractivity contribution >= 4 is 10.0 Å². The third-order valence-electron chi connectivity index (χ3n) is 3.61. The van der Waals surface area contributed by atoms with Gasteiger partial charge in [-0.05, 0) is 49.4 Å². The van der Waals surface area contributed by atoms with Crippen LogP contribution in [-0.4, -0.2) is 26.2 Å². The first-order valence-electron chi connectivity index (χ1n) is 6.69. The van der Waals surface area contributed by atoms with E-state index in [1.807, 2.05) is 6.07 Å². The van der Waals surface area contributed by atoms with Crippen LogP contribution in [0.2, 0.25) is 0 Å². The van der Waals surface area contributed by atoms with Crippen LogP contribution in [0.25, 0.3) is 0 Å². The zero-order valence-corrected chi connectivity index (χ0v) is 11.9. The van der Waals surface area contributed by atoms with Gasteiger partial charge in [0.15, 0.2) is 0 Å². The molecule has 5 nitrogen and oxygen atoms in total. The summed E-state index contributed by atoms with van der Waals surface area (Å²) in [5.41, 5.74) is 0.430. The van der Waals surface area contributed by atoms with Gasteiger partial charge in [0.2, 0.25) is 10.0 Å². The molecule has 0 spiro atoms. The molecule has 108 valence electrons. The van der Waals surface area contributed by atoms with Crippen LogP contribution >= 0.6 is 0 Å². The fraction of sp³-hybridized carbons (Fsp3) is 0.500. The van der Waals surface area contributed by atoms with E-state index in [2.05, 4.69) is 4.72 Å². The lowest BCUT2D eigenvalue weighted by Crippen LogP contribution is -2.33. The second-order valence-electron chi connectivity index (χ2n) is 5.17. The normalized spacial score (nSPS) is 23.2. The molecule has 0 bridgehead atoms. The molecule has 1 aromatic rings. The molecule has 0 amide bonds. The molecule has 1 fully saturated rings. The van der Waals surface area contributed by atoms with Crippen molar-refractivity contribution in [3.8, 4) is 6.07 Å². The van der Waals surface area contributed by atoms with Crippen LogP contribution < -0.4 is 4.72 Å². The Morgan fingerprint density at radius 3 is 2.60 bits per heavy atom.